The van der Waals surface area contributed by atoms with Crippen LogP contribution < -0.4 is 0 Å². The van der Waals surface area contributed by atoms with E-state index in [9.17, 15) is 0 Å². The van der Waals surface area contributed by atoms with Crippen LogP contribution in [-0.2, 0) is 9.47 Å². The van der Waals surface area contributed by atoms with E-state index in [0.717, 1.165) is 25.0 Å². The zero-order valence-corrected chi connectivity index (χ0v) is 5.95. The van der Waals surface area contributed by atoms with Crippen LogP contribution in [-0.4, -0.2) is 25.4 Å². The maximum absolute atomic E-state index is 5.27. The Morgan fingerprint density at radius 1 is 0.800 bits per heavy atom. The normalized spacial score (nSPS) is 57.6. The molecule has 3 rings (SSSR count). The first-order chi connectivity index (χ1) is 4.95. The minimum atomic E-state index is 0.628. The van der Waals surface area contributed by atoms with Gasteiger partial charge in [0.05, 0.1) is 25.4 Å². The van der Waals surface area contributed by atoms with Crippen molar-refractivity contribution in [3.8, 4) is 0 Å². The molecule has 56 valence electrons. The lowest BCUT2D eigenvalue weighted by Gasteiger charge is -2.34. The standard InChI is InChI=1S/C8H12O2/c1-2-6(8-4-10-8)5(1)7-3-9-7/h5-8H,1-4H2/t5-,6-,7+,8+/m1/s1. The van der Waals surface area contributed by atoms with Gasteiger partial charge in [0.25, 0.3) is 0 Å². The SMILES string of the molecule is C1C[C@@H]([C@@H]2CO2)[C@@H]1[C@@H]1CO1. The molecule has 10 heavy (non-hydrogen) atoms. The summed E-state index contributed by atoms with van der Waals surface area (Å²) in [4.78, 5) is 0. The van der Waals surface area contributed by atoms with E-state index in [4.69, 9.17) is 9.47 Å². The lowest BCUT2D eigenvalue weighted by Crippen LogP contribution is -2.34. The number of hydrogen-bond donors (Lipinski definition) is 0. The molecule has 1 aliphatic carbocycles. The average Bonchev–Trinajstić information content (AvgIpc) is 2.50. The zero-order valence-electron chi connectivity index (χ0n) is 5.95. The first-order valence-corrected chi connectivity index (χ1v) is 4.18. The van der Waals surface area contributed by atoms with Crippen LogP contribution in [0, 0.1) is 11.8 Å². The van der Waals surface area contributed by atoms with Gasteiger partial charge < -0.3 is 9.47 Å². The van der Waals surface area contributed by atoms with Crippen molar-refractivity contribution >= 4 is 0 Å². The highest BCUT2D eigenvalue weighted by molar-refractivity contribution is 4.97. The molecule has 0 radical (unpaired) electrons. The van der Waals surface area contributed by atoms with Gasteiger partial charge in [0.2, 0.25) is 0 Å². The Bertz CT molecular complexity index is 131. The Morgan fingerprint density at radius 2 is 1.20 bits per heavy atom. The van der Waals surface area contributed by atoms with E-state index < -0.39 is 0 Å². The lowest BCUT2D eigenvalue weighted by atomic mass is 9.70. The van der Waals surface area contributed by atoms with E-state index in [1.807, 2.05) is 0 Å². The highest BCUT2D eigenvalue weighted by Gasteiger charge is 2.50. The number of ether oxygens (including phenoxy) is 2. The van der Waals surface area contributed by atoms with Crippen molar-refractivity contribution in [1.29, 1.82) is 0 Å². The van der Waals surface area contributed by atoms with Gasteiger partial charge in [-0.05, 0) is 24.7 Å². The zero-order chi connectivity index (χ0) is 6.55. The minimum Gasteiger partial charge on any atom is -0.373 e. The van der Waals surface area contributed by atoms with Crippen molar-refractivity contribution in [2.75, 3.05) is 13.2 Å². The molecule has 0 amide bonds. The van der Waals surface area contributed by atoms with Gasteiger partial charge in [-0.2, -0.15) is 0 Å². The van der Waals surface area contributed by atoms with Gasteiger partial charge in [-0.1, -0.05) is 0 Å². The third-order valence-electron chi connectivity index (χ3n) is 3.06. The Hall–Kier alpha value is -0.0800. The molecule has 3 aliphatic rings. The van der Waals surface area contributed by atoms with Crippen LogP contribution in [0.5, 0.6) is 0 Å². The Labute approximate surface area is 60.5 Å². The van der Waals surface area contributed by atoms with E-state index >= 15 is 0 Å². The Balaban J connectivity index is 1.64. The van der Waals surface area contributed by atoms with Gasteiger partial charge in [0.15, 0.2) is 0 Å². The molecule has 0 aromatic rings. The smallest absolute Gasteiger partial charge is 0.0841 e. The topological polar surface area (TPSA) is 25.1 Å². The Kier molecular flexibility index (Phi) is 0.968. The van der Waals surface area contributed by atoms with Crippen LogP contribution in [0.15, 0.2) is 0 Å². The minimum absolute atomic E-state index is 0.628. The van der Waals surface area contributed by atoms with Crippen LogP contribution in [0.2, 0.25) is 0 Å². The van der Waals surface area contributed by atoms with Crippen molar-refractivity contribution in [1.82, 2.24) is 0 Å². The van der Waals surface area contributed by atoms with E-state index in [0.29, 0.717) is 12.2 Å². The molecule has 0 aromatic heterocycles. The molecular formula is C8H12O2. The first kappa shape index (κ1) is 5.56. The summed E-state index contributed by atoms with van der Waals surface area (Å²) in [6, 6.07) is 0. The van der Waals surface area contributed by atoms with Gasteiger partial charge in [-0.15, -0.1) is 0 Å². The van der Waals surface area contributed by atoms with Gasteiger partial charge in [0, 0.05) is 0 Å². The van der Waals surface area contributed by atoms with E-state index in [1.165, 1.54) is 12.8 Å². The largest absolute Gasteiger partial charge is 0.373 e. The maximum Gasteiger partial charge on any atom is 0.0841 e. The van der Waals surface area contributed by atoms with Crippen LogP contribution in [0.3, 0.4) is 0 Å². The quantitative estimate of drug-likeness (QED) is 0.530. The molecule has 0 N–H and O–H groups in total. The molecule has 2 heterocycles. The summed E-state index contributed by atoms with van der Waals surface area (Å²) < 4.78 is 10.5. The summed E-state index contributed by atoms with van der Waals surface area (Å²) in [6.45, 7) is 2.04. The first-order valence-electron chi connectivity index (χ1n) is 4.18. The fraction of sp³-hybridized carbons (Fsp3) is 1.00. The van der Waals surface area contributed by atoms with Gasteiger partial charge >= 0.3 is 0 Å². The number of rotatable bonds is 2. The highest BCUT2D eigenvalue weighted by atomic mass is 16.6. The molecule has 2 saturated heterocycles. The molecule has 0 bridgehead atoms. The van der Waals surface area contributed by atoms with Gasteiger partial charge in [-0.25, -0.2) is 0 Å². The van der Waals surface area contributed by atoms with Crippen molar-refractivity contribution in [3.63, 3.8) is 0 Å². The molecule has 0 aromatic carbocycles. The molecule has 2 aliphatic heterocycles. The predicted molar refractivity (Wildman–Crippen MR) is 35.7 cm³/mol. The van der Waals surface area contributed by atoms with E-state index in [2.05, 4.69) is 0 Å². The number of epoxide rings is 2. The van der Waals surface area contributed by atoms with Crippen molar-refractivity contribution in [2.24, 2.45) is 11.8 Å². The molecule has 1 saturated carbocycles. The van der Waals surface area contributed by atoms with Crippen LogP contribution in [0.4, 0.5) is 0 Å². The Morgan fingerprint density at radius 3 is 1.40 bits per heavy atom. The monoisotopic (exact) mass is 140 g/mol. The van der Waals surface area contributed by atoms with Crippen LogP contribution in [0.1, 0.15) is 12.8 Å². The third kappa shape index (κ3) is 0.722. The molecule has 2 nitrogen and oxygen atoms in total. The third-order valence-corrected chi connectivity index (χ3v) is 3.06. The summed E-state index contributed by atoms with van der Waals surface area (Å²) in [7, 11) is 0. The summed E-state index contributed by atoms with van der Waals surface area (Å²) in [5, 5.41) is 0. The van der Waals surface area contributed by atoms with Gasteiger partial charge in [0.1, 0.15) is 0 Å². The second-order valence-electron chi connectivity index (χ2n) is 3.65. The molecule has 4 atom stereocenters. The summed E-state index contributed by atoms with van der Waals surface area (Å²) in [6.07, 6.45) is 4.02. The van der Waals surface area contributed by atoms with E-state index in [1.54, 1.807) is 0 Å². The predicted octanol–water partition coefficient (Wildman–Crippen LogP) is 0.810. The van der Waals surface area contributed by atoms with Gasteiger partial charge in [-0.3, -0.25) is 0 Å². The molecule has 0 spiro atoms. The van der Waals surface area contributed by atoms with Crippen molar-refractivity contribution < 1.29 is 9.47 Å². The maximum atomic E-state index is 5.27. The molecule has 2 heteroatoms. The summed E-state index contributed by atoms with van der Waals surface area (Å²) >= 11 is 0. The summed E-state index contributed by atoms with van der Waals surface area (Å²) in [5.41, 5.74) is 0. The number of hydrogen-bond acceptors (Lipinski definition) is 2. The fourth-order valence-electron chi connectivity index (χ4n) is 2.08. The average molecular weight is 140 g/mol. The fourth-order valence-corrected chi connectivity index (χ4v) is 2.08. The lowest BCUT2D eigenvalue weighted by molar-refractivity contribution is 0.102. The second kappa shape index (κ2) is 1.74. The van der Waals surface area contributed by atoms with Crippen molar-refractivity contribution in [3.05, 3.63) is 0 Å². The van der Waals surface area contributed by atoms with Crippen molar-refractivity contribution in [2.45, 2.75) is 25.0 Å². The summed E-state index contributed by atoms with van der Waals surface area (Å²) in [5.74, 6) is 1.74. The van der Waals surface area contributed by atoms with Crippen LogP contribution in [0.25, 0.3) is 0 Å². The highest BCUT2D eigenvalue weighted by Crippen LogP contribution is 2.47. The molecule has 0 unspecified atom stereocenters. The molecule has 3 fully saturated rings. The van der Waals surface area contributed by atoms with Crippen LogP contribution >= 0.6 is 0 Å². The van der Waals surface area contributed by atoms with E-state index in [-0.39, 0.29) is 0 Å². The second-order valence-corrected chi connectivity index (χ2v) is 3.65. The molecular weight excluding hydrogens is 128 g/mol.